The highest BCUT2D eigenvalue weighted by Crippen LogP contribution is 2.52. The van der Waals surface area contributed by atoms with Crippen LogP contribution in [-0.2, 0) is 0 Å². The third-order valence-electron chi connectivity index (χ3n) is 8.05. The lowest BCUT2D eigenvalue weighted by molar-refractivity contribution is 0.868. The largest absolute Gasteiger partial charge is 0.334 e. The van der Waals surface area contributed by atoms with Crippen LogP contribution in [0, 0.1) is 0 Å². The second-order valence-electron chi connectivity index (χ2n) is 10.9. The van der Waals surface area contributed by atoms with E-state index in [-0.39, 0.29) is 0 Å². The molecule has 2 atom stereocenters. The SMILES string of the molecule is CC1=C([Si](C)(C)C2=C(C)C=C3C2=CC(C)N3c2ccccc2)C2=CC(C)N(c3ccccc3)C2=C1. The highest BCUT2D eigenvalue weighted by atomic mass is 28.3. The van der Waals surface area contributed by atoms with Crippen LogP contribution >= 0.6 is 0 Å². The molecule has 35 heavy (non-hydrogen) atoms. The van der Waals surface area contributed by atoms with Gasteiger partial charge in [0.05, 0.1) is 12.1 Å². The molecule has 2 heterocycles. The Balaban J connectivity index is 1.36. The topological polar surface area (TPSA) is 6.48 Å². The monoisotopic (exact) mass is 474 g/mol. The van der Waals surface area contributed by atoms with Crippen LogP contribution in [0.3, 0.4) is 0 Å². The van der Waals surface area contributed by atoms with E-state index < -0.39 is 8.07 Å². The highest BCUT2D eigenvalue weighted by molar-refractivity contribution is 6.93. The second kappa shape index (κ2) is 7.86. The minimum atomic E-state index is -1.99. The van der Waals surface area contributed by atoms with Crippen molar-refractivity contribution < 1.29 is 0 Å². The van der Waals surface area contributed by atoms with Crippen molar-refractivity contribution in [3.8, 4) is 0 Å². The molecule has 0 saturated heterocycles. The van der Waals surface area contributed by atoms with E-state index in [2.05, 4.69) is 136 Å². The first-order valence-electron chi connectivity index (χ1n) is 12.8. The van der Waals surface area contributed by atoms with Gasteiger partial charge in [-0.1, -0.05) is 61.6 Å². The first kappa shape index (κ1) is 22.2. The summed E-state index contributed by atoms with van der Waals surface area (Å²) in [5.41, 5.74) is 11.1. The fraction of sp³-hybridized carbons (Fsp3) is 0.250. The molecule has 2 nitrogen and oxygen atoms in total. The summed E-state index contributed by atoms with van der Waals surface area (Å²) in [6, 6.07) is 22.4. The third kappa shape index (κ3) is 3.21. The minimum Gasteiger partial charge on any atom is -0.334 e. The van der Waals surface area contributed by atoms with Crippen LogP contribution in [0.5, 0.6) is 0 Å². The molecule has 176 valence electrons. The Morgan fingerprint density at radius 1 is 0.600 bits per heavy atom. The molecular weight excluding hydrogens is 440 g/mol. The normalized spacial score (nSPS) is 23.5. The van der Waals surface area contributed by atoms with Crippen LogP contribution < -0.4 is 9.80 Å². The van der Waals surface area contributed by atoms with Crippen LogP contribution in [0.25, 0.3) is 0 Å². The smallest absolute Gasteiger partial charge is 0.114 e. The van der Waals surface area contributed by atoms with Gasteiger partial charge < -0.3 is 9.80 Å². The van der Waals surface area contributed by atoms with Crippen molar-refractivity contribution in [1.82, 2.24) is 0 Å². The van der Waals surface area contributed by atoms with E-state index >= 15 is 0 Å². The number of anilines is 2. The number of nitrogens with zero attached hydrogens (tertiary/aromatic N) is 2. The predicted octanol–water partition coefficient (Wildman–Crippen LogP) is 7.87. The Labute approximate surface area is 211 Å². The van der Waals surface area contributed by atoms with E-state index in [0.717, 1.165) is 0 Å². The van der Waals surface area contributed by atoms with E-state index in [9.17, 15) is 0 Å². The maximum Gasteiger partial charge on any atom is 0.114 e. The molecule has 0 aromatic heterocycles. The van der Waals surface area contributed by atoms with Crippen molar-refractivity contribution in [2.75, 3.05) is 9.80 Å². The van der Waals surface area contributed by atoms with Gasteiger partial charge in [-0.3, -0.25) is 0 Å². The summed E-state index contributed by atoms with van der Waals surface area (Å²) >= 11 is 0. The van der Waals surface area contributed by atoms with E-state index in [4.69, 9.17) is 0 Å². The molecule has 0 spiro atoms. The summed E-state index contributed by atoms with van der Waals surface area (Å²) < 4.78 is 0. The van der Waals surface area contributed by atoms with Gasteiger partial charge >= 0.3 is 0 Å². The summed E-state index contributed by atoms with van der Waals surface area (Å²) in [5, 5.41) is 3.21. The average molecular weight is 475 g/mol. The van der Waals surface area contributed by atoms with Gasteiger partial charge in [0.1, 0.15) is 8.07 Å². The molecular formula is C32H34N2Si. The average Bonchev–Trinajstić information content (AvgIpc) is 3.50. The van der Waals surface area contributed by atoms with E-state index in [1.165, 1.54) is 45.1 Å². The van der Waals surface area contributed by atoms with Crippen LogP contribution in [0.1, 0.15) is 27.7 Å². The van der Waals surface area contributed by atoms with Gasteiger partial charge in [0, 0.05) is 22.8 Å². The summed E-state index contributed by atoms with van der Waals surface area (Å²) in [6.45, 7) is 14.4. The van der Waals surface area contributed by atoms with Crippen LogP contribution in [-0.4, -0.2) is 20.2 Å². The maximum absolute atomic E-state index is 2.56. The summed E-state index contributed by atoms with van der Waals surface area (Å²) in [6.07, 6.45) is 9.88. The van der Waals surface area contributed by atoms with Gasteiger partial charge in [-0.2, -0.15) is 0 Å². The molecule has 2 unspecified atom stereocenters. The summed E-state index contributed by atoms with van der Waals surface area (Å²) in [4.78, 5) is 5.01. The Hall–Kier alpha value is -3.30. The Morgan fingerprint density at radius 3 is 1.34 bits per heavy atom. The number of hydrogen-bond donors (Lipinski definition) is 0. The van der Waals surface area contributed by atoms with Crippen molar-refractivity contribution in [1.29, 1.82) is 0 Å². The zero-order valence-corrected chi connectivity index (χ0v) is 22.6. The number of fused-ring (bicyclic) bond motifs is 2. The molecule has 0 bridgehead atoms. The first-order valence-corrected chi connectivity index (χ1v) is 15.8. The van der Waals surface area contributed by atoms with Crippen LogP contribution in [0.2, 0.25) is 13.1 Å². The lowest BCUT2D eigenvalue weighted by atomic mass is 10.2. The van der Waals surface area contributed by atoms with Crippen molar-refractivity contribution in [3.63, 3.8) is 0 Å². The Bertz CT molecular complexity index is 1290. The van der Waals surface area contributed by atoms with Gasteiger partial charge in [-0.15, -0.1) is 0 Å². The molecule has 3 heteroatoms. The summed E-state index contributed by atoms with van der Waals surface area (Å²) in [7, 11) is -1.99. The Kier molecular flexibility index (Phi) is 4.98. The van der Waals surface area contributed by atoms with Gasteiger partial charge in [-0.25, -0.2) is 0 Å². The zero-order valence-electron chi connectivity index (χ0n) is 21.6. The zero-order chi connectivity index (χ0) is 24.5. The highest BCUT2D eigenvalue weighted by Gasteiger charge is 2.46. The molecule has 6 rings (SSSR count). The van der Waals surface area contributed by atoms with Crippen molar-refractivity contribution in [2.45, 2.75) is 52.9 Å². The maximum atomic E-state index is 2.56. The fourth-order valence-corrected chi connectivity index (χ4v) is 11.0. The summed E-state index contributed by atoms with van der Waals surface area (Å²) in [5.74, 6) is 0. The lowest BCUT2D eigenvalue weighted by Gasteiger charge is -2.31. The molecule has 0 fully saturated rings. The second-order valence-corrected chi connectivity index (χ2v) is 15.1. The molecule has 2 aromatic rings. The fourth-order valence-electron chi connectivity index (χ4n) is 6.91. The van der Waals surface area contributed by atoms with Gasteiger partial charge in [0.2, 0.25) is 0 Å². The number of hydrogen-bond acceptors (Lipinski definition) is 2. The van der Waals surface area contributed by atoms with Crippen LogP contribution in [0.4, 0.5) is 11.4 Å². The minimum absolute atomic E-state index is 0.359. The van der Waals surface area contributed by atoms with Crippen LogP contribution in [0.15, 0.2) is 129 Å². The van der Waals surface area contributed by atoms with E-state index in [0.29, 0.717) is 12.1 Å². The molecule has 2 aromatic carbocycles. The first-order chi connectivity index (χ1) is 16.8. The van der Waals surface area contributed by atoms with Gasteiger partial charge in [0.25, 0.3) is 0 Å². The standard InChI is InChI=1S/C32H34N2Si/c1-21-17-29-27(19-23(3)33(29)25-13-9-7-10-14-25)31(21)35(5,6)32-22(2)18-30-28(32)20-24(4)34(30)26-15-11-8-12-16-26/h7-20,23-24H,1-6H3. The van der Waals surface area contributed by atoms with Crippen molar-refractivity contribution in [3.05, 3.63) is 129 Å². The van der Waals surface area contributed by atoms with E-state index in [1.807, 2.05) is 0 Å². The lowest BCUT2D eigenvalue weighted by Crippen LogP contribution is -2.35. The van der Waals surface area contributed by atoms with Crippen molar-refractivity contribution in [2.24, 2.45) is 0 Å². The Morgan fingerprint density at radius 2 is 0.971 bits per heavy atom. The molecule has 2 aliphatic carbocycles. The third-order valence-corrected chi connectivity index (χ3v) is 11.9. The number of para-hydroxylation sites is 2. The predicted molar refractivity (Wildman–Crippen MR) is 152 cm³/mol. The number of rotatable bonds is 4. The molecule has 4 aliphatic rings. The van der Waals surface area contributed by atoms with Gasteiger partial charge in [0.15, 0.2) is 0 Å². The number of benzene rings is 2. The molecule has 0 saturated carbocycles. The molecule has 0 amide bonds. The van der Waals surface area contributed by atoms with Gasteiger partial charge in [-0.05, 0) is 96.8 Å². The molecule has 0 N–H and O–H groups in total. The number of allylic oxidation sites excluding steroid dienone is 6. The van der Waals surface area contributed by atoms with E-state index in [1.54, 1.807) is 10.4 Å². The quantitative estimate of drug-likeness (QED) is 0.416. The molecule has 2 aliphatic heterocycles. The molecule has 0 radical (unpaired) electrons. The van der Waals surface area contributed by atoms with Crippen molar-refractivity contribution >= 4 is 19.4 Å².